The molecule has 2 fully saturated rings. The maximum Gasteiger partial charge on any atom is 0.268 e. The topological polar surface area (TPSA) is 111 Å². The standard InChI is InChI=1S/C24H22F2N4O3/c25-15-6-2-7-16(26)19(15)23-29-20(22(27)31)18(14-5-3-11-28-12-14)21(30-23)24(32)10-9-13-4-1-8-17(13)33-24/h2-3,5-7,11-13,17,32H,1,4,8-10H2,(H2,27,31). The highest BCUT2D eigenvalue weighted by Gasteiger charge is 2.46. The van der Waals surface area contributed by atoms with Crippen molar-refractivity contribution in [1.82, 2.24) is 15.0 Å². The van der Waals surface area contributed by atoms with Gasteiger partial charge in [-0.3, -0.25) is 9.78 Å². The highest BCUT2D eigenvalue weighted by molar-refractivity contribution is 5.99. The normalized spacial score (nSPS) is 24.5. The molecule has 1 saturated heterocycles. The average molecular weight is 452 g/mol. The van der Waals surface area contributed by atoms with Crippen molar-refractivity contribution in [1.29, 1.82) is 0 Å². The number of rotatable bonds is 4. The Bertz CT molecular complexity index is 1200. The van der Waals surface area contributed by atoms with E-state index in [9.17, 15) is 18.7 Å². The molecule has 1 aliphatic heterocycles. The van der Waals surface area contributed by atoms with Crippen molar-refractivity contribution < 1.29 is 23.4 Å². The lowest BCUT2D eigenvalue weighted by Crippen LogP contribution is -2.42. The Labute approximate surface area is 188 Å². The Morgan fingerprint density at radius 2 is 1.88 bits per heavy atom. The summed E-state index contributed by atoms with van der Waals surface area (Å²) in [6, 6.07) is 6.65. The van der Waals surface area contributed by atoms with E-state index in [0.29, 0.717) is 17.9 Å². The van der Waals surface area contributed by atoms with E-state index >= 15 is 0 Å². The summed E-state index contributed by atoms with van der Waals surface area (Å²) in [7, 11) is 0. The second-order valence-corrected chi connectivity index (χ2v) is 8.49. The van der Waals surface area contributed by atoms with Crippen LogP contribution in [0.25, 0.3) is 22.5 Å². The van der Waals surface area contributed by atoms with Crippen LogP contribution in [0, 0.1) is 17.6 Å². The number of primary amides is 1. The first-order valence-corrected chi connectivity index (χ1v) is 10.8. The van der Waals surface area contributed by atoms with E-state index < -0.39 is 34.7 Å². The number of ether oxygens (including phenoxy) is 1. The Morgan fingerprint density at radius 3 is 2.58 bits per heavy atom. The number of benzene rings is 1. The van der Waals surface area contributed by atoms with Crippen LogP contribution < -0.4 is 5.73 Å². The fourth-order valence-electron chi connectivity index (χ4n) is 4.88. The van der Waals surface area contributed by atoms with Crippen LogP contribution in [0.2, 0.25) is 0 Å². The lowest BCUT2D eigenvalue weighted by molar-refractivity contribution is -0.273. The van der Waals surface area contributed by atoms with Crippen molar-refractivity contribution in [3.8, 4) is 22.5 Å². The van der Waals surface area contributed by atoms with Gasteiger partial charge in [0.15, 0.2) is 5.82 Å². The Balaban J connectivity index is 1.78. The molecular formula is C24H22F2N4O3. The molecule has 9 heteroatoms. The van der Waals surface area contributed by atoms with Crippen LogP contribution in [-0.4, -0.2) is 32.1 Å². The van der Waals surface area contributed by atoms with E-state index in [1.54, 1.807) is 18.3 Å². The second-order valence-electron chi connectivity index (χ2n) is 8.49. The van der Waals surface area contributed by atoms with Crippen molar-refractivity contribution in [2.24, 2.45) is 11.7 Å². The number of hydrogen-bond acceptors (Lipinski definition) is 6. The SMILES string of the molecule is NC(=O)c1nc(-c2c(F)cccc2F)nc(C2(O)CCC3CCCC3O2)c1-c1cccnc1. The van der Waals surface area contributed by atoms with Crippen LogP contribution in [0.5, 0.6) is 0 Å². The summed E-state index contributed by atoms with van der Waals surface area (Å²) in [4.78, 5) is 25.1. The Hall–Kier alpha value is -3.30. The molecule has 0 radical (unpaired) electrons. The molecular weight excluding hydrogens is 430 g/mol. The molecule has 7 nitrogen and oxygen atoms in total. The number of carbonyl (C=O) groups is 1. The molecule has 1 saturated carbocycles. The molecule has 5 rings (SSSR count). The van der Waals surface area contributed by atoms with E-state index in [4.69, 9.17) is 10.5 Å². The Kier molecular flexibility index (Phi) is 5.38. The van der Waals surface area contributed by atoms with Gasteiger partial charge in [0, 0.05) is 29.9 Å². The van der Waals surface area contributed by atoms with Gasteiger partial charge < -0.3 is 15.6 Å². The number of aliphatic hydroxyl groups is 1. The largest absolute Gasteiger partial charge is 0.364 e. The van der Waals surface area contributed by atoms with E-state index in [2.05, 4.69) is 15.0 Å². The molecule has 3 aromatic rings. The molecule has 3 N–H and O–H groups in total. The van der Waals surface area contributed by atoms with Crippen molar-refractivity contribution in [3.05, 3.63) is 65.7 Å². The molecule has 2 aromatic heterocycles. The molecule has 3 atom stereocenters. The van der Waals surface area contributed by atoms with Gasteiger partial charge in [0.25, 0.3) is 5.91 Å². The van der Waals surface area contributed by atoms with Gasteiger partial charge in [-0.25, -0.2) is 18.7 Å². The molecule has 0 bridgehead atoms. The van der Waals surface area contributed by atoms with E-state index in [-0.39, 0.29) is 29.5 Å². The van der Waals surface area contributed by atoms with E-state index in [1.165, 1.54) is 12.3 Å². The fraction of sp³-hybridized carbons (Fsp3) is 0.333. The van der Waals surface area contributed by atoms with Gasteiger partial charge in [0.2, 0.25) is 5.79 Å². The third-order valence-electron chi connectivity index (χ3n) is 6.44. The minimum absolute atomic E-state index is 0.0534. The predicted molar refractivity (Wildman–Crippen MR) is 114 cm³/mol. The van der Waals surface area contributed by atoms with Gasteiger partial charge >= 0.3 is 0 Å². The van der Waals surface area contributed by atoms with Crippen LogP contribution in [-0.2, 0) is 10.5 Å². The number of hydrogen-bond donors (Lipinski definition) is 2. The van der Waals surface area contributed by atoms with Gasteiger partial charge in [-0.15, -0.1) is 0 Å². The van der Waals surface area contributed by atoms with Crippen molar-refractivity contribution >= 4 is 5.91 Å². The molecule has 1 aliphatic carbocycles. The quantitative estimate of drug-likeness (QED) is 0.624. The summed E-state index contributed by atoms with van der Waals surface area (Å²) in [5.74, 6) is -4.70. The molecule has 2 aliphatic rings. The van der Waals surface area contributed by atoms with Gasteiger partial charge in [-0.1, -0.05) is 18.6 Å². The zero-order valence-electron chi connectivity index (χ0n) is 17.7. The molecule has 1 aromatic carbocycles. The minimum Gasteiger partial charge on any atom is -0.364 e. The van der Waals surface area contributed by atoms with Crippen LogP contribution in [0.4, 0.5) is 8.78 Å². The van der Waals surface area contributed by atoms with Crippen LogP contribution in [0.3, 0.4) is 0 Å². The number of amides is 1. The number of fused-ring (bicyclic) bond motifs is 1. The molecule has 33 heavy (non-hydrogen) atoms. The van der Waals surface area contributed by atoms with E-state index in [0.717, 1.165) is 31.4 Å². The maximum absolute atomic E-state index is 14.6. The van der Waals surface area contributed by atoms with Gasteiger partial charge in [-0.05, 0) is 43.4 Å². The highest BCUT2D eigenvalue weighted by atomic mass is 19.1. The second kappa shape index (κ2) is 8.24. The maximum atomic E-state index is 14.6. The van der Waals surface area contributed by atoms with Gasteiger partial charge in [-0.2, -0.15) is 0 Å². The highest BCUT2D eigenvalue weighted by Crippen LogP contribution is 2.47. The first-order chi connectivity index (χ1) is 15.9. The summed E-state index contributed by atoms with van der Waals surface area (Å²) < 4.78 is 35.3. The number of halogens is 2. The average Bonchev–Trinajstić information content (AvgIpc) is 3.26. The first-order valence-electron chi connectivity index (χ1n) is 10.8. The first kappa shape index (κ1) is 21.5. The monoisotopic (exact) mass is 452 g/mol. The summed E-state index contributed by atoms with van der Waals surface area (Å²) in [6.07, 6.45) is 6.53. The Morgan fingerprint density at radius 1 is 1.09 bits per heavy atom. The zero-order chi connectivity index (χ0) is 23.2. The molecule has 3 heterocycles. The van der Waals surface area contributed by atoms with Crippen molar-refractivity contribution in [2.75, 3.05) is 0 Å². The number of aromatic nitrogens is 3. The predicted octanol–water partition coefficient (Wildman–Crippen LogP) is 3.71. The van der Waals surface area contributed by atoms with Crippen LogP contribution in [0.15, 0.2) is 42.7 Å². The van der Waals surface area contributed by atoms with Crippen molar-refractivity contribution in [3.63, 3.8) is 0 Å². The number of pyridine rings is 1. The molecule has 1 amide bonds. The number of carbonyl (C=O) groups excluding carboxylic acids is 1. The lowest BCUT2D eigenvalue weighted by atomic mass is 9.87. The molecule has 3 unspecified atom stereocenters. The third-order valence-corrected chi connectivity index (χ3v) is 6.44. The molecule has 0 spiro atoms. The minimum atomic E-state index is -1.89. The van der Waals surface area contributed by atoms with Crippen molar-refractivity contribution in [2.45, 2.75) is 44.0 Å². The van der Waals surface area contributed by atoms with E-state index in [1.807, 2.05) is 0 Å². The summed E-state index contributed by atoms with van der Waals surface area (Å²) >= 11 is 0. The summed E-state index contributed by atoms with van der Waals surface area (Å²) in [6.45, 7) is 0. The summed E-state index contributed by atoms with van der Waals surface area (Å²) in [5.41, 5.74) is 5.35. The third kappa shape index (κ3) is 3.77. The number of nitrogens with two attached hydrogens (primary N) is 1. The lowest BCUT2D eigenvalue weighted by Gasteiger charge is -2.39. The van der Waals surface area contributed by atoms with Gasteiger partial charge in [0.05, 0.1) is 11.7 Å². The van der Waals surface area contributed by atoms with Crippen LogP contribution in [0.1, 0.15) is 48.3 Å². The zero-order valence-corrected chi connectivity index (χ0v) is 17.7. The van der Waals surface area contributed by atoms with Crippen LogP contribution >= 0.6 is 0 Å². The number of nitrogens with zero attached hydrogens (tertiary/aromatic N) is 3. The molecule has 170 valence electrons. The fourth-order valence-corrected chi connectivity index (χ4v) is 4.88. The smallest absolute Gasteiger partial charge is 0.268 e. The summed E-state index contributed by atoms with van der Waals surface area (Å²) in [5, 5.41) is 11.7. The van der Waals surface area contributed by atoms with Gasteiger partial charge in [0.1, 0.15) is 23.0 Å².